The van der Waals surface area contributed by atoms with Crippen molar-refractivity contribution in [3.05, 3.63) is 497 Å². The van der Waals surface area contributed by atoms with E-state index in [0.29, 0.717) is 5.82 Å². The maximum absolute atomic E-state index is 6.89. The van der Waals surface area contributed by atoms with E-state index in [9.17, 15) is 0 Å². The predicted octanol–water partition coefficient (Wildman–Crippen LogP) is 36.0. The number of furan rings is 1. The van der Waals surface area contributed by atoms with Crippen molar-refractivity contribution in [2.24, 2.45) is 0 Å². The van der Waals surface area contributed by atoms with Crippen LogP contribution in [0.2, 0.25) is 0 Å². The van der Waals surface area contributed by atoms with Gasteiger partial charge in [0.25, 0.3) is 0 Å². The Morgan fingerprint density at radius 2 is 0.460 bits per heavy atom. The highest BCUT2D eigenvalue weighted by molar-refractivity contribution is 7.27. The summed E-state index contributed by atoms with van der Waals surface area (Å²) in [6.07, 6.45) is 0. The average molecular weight is 1810 g/mol. The molecule has 0 saturated carbocycles. The summed E-state index contributed by atoms with van der Waals surface area (Å²) in [5.74, 6) is 2.14. The number of hydrogen-bond donors (Lipinski definition) is 0. The van der Waals surface area contributed by atoms with E-state index in [1.165, 1.54) is 101 Å². The molecular formula is C130H82N6OS2. The molecule has 6 aromatic heterocycles. The van der Waals surface area contributed by atoms with Gasteiger partial charge < -0.3 is 4.42 Å². The van der Waals surface area contributed by atoms with E-state index < -0.39 is 0 Å². The molecule has 0 amide bonds. The molecule has 0 N–H and O–H groups in total. The standard InChI is InChI=1S/C48H30N2O.C44H28N2S.C38H24N2S/c1-4-15-31(16-5-1)36-25-14-21-34-29-35(27-28-37(34)36)44-38-22-10-11-23-39(38)46(45-40-24-12-13-26-43(40)51-47(44)45)48-49-41(32-17-6-2-7-18-32)30-42(50-48)33-19-8-3-9-20-33;1-4-15-29(16-5-1)32-21-14-22-33(27-32)38-28-37(30-17-6-2-7-18-30)45-44(46-38)42-35-24-11-10-23-34(35)40(31-19-8-3-9-20-31)43-41(42)36-25-12-13-26-39(36)47-43;1-4-14-25(15-5-1)31-24-32(26-16-6-2-7-17-26)40-38(39-31)36-29-21-11-10-20-28(29)34(27-18-8-3-9-19-27)37-35(36)30-22-12-13-23-33(30)41-37/h1-30H;1-28H;1-24H. The predicted molar refractivity (Wildman–Crippen MR) is 585 cm³/mol. The lowest BCUT2D eigenvalue weighted by atomic mass is 9.89. The van der Waals surface area contributed by atoms with Gasteiger partial charge in [-0.3, -0.25) is 0 Å². The molecule has 7 nitrogen and oxygen atoms in total. The lowest BCUT2D eigenvalue weighted by Gasteiger charge is -2.16. The third-order valence-corrected chi connectivity index (χ3v) is 28.8. The van der Waals surface area contributed by atoms with E-state index in [1.54, 1.807) is 0 Å². The highest BCUT2D eigenvalue weighted by atomic mass is 32.1. The fourth-order valence-corrected chi connectivity index (χ4v) is 22.7. The van der Waals surface area contributed by atoms with Crippen molar-refractivity contribution < 1.29 is 4.42 Å². The minimum Gasteiger partial charge on any atom is -0.455 e. The van der Waals surface area contributed by atoms with E-state index in [-0.39, 0.29) is 0 Å². The zero-order valence-corrected chi connectivity index (χ0v) is 76.9. The van der Waals surface area contributed by atoms with Crippen LogP contribution in [0, 0.1) is 0 Å². The quantitative estimate of drug-likeness (QED) is 0.107. The molecule has 21 aromatic carbocycles. The van der Waals surface area contributed by atoms with Crippen LogP contribution in [0.5, 0.6) is 0 Å². The summed E-state index contributed by atoms with van der Waals surface area (Å²) in [6.45, 7) is 0. The lowest BCUT2D eigenvalue weighted by molar-refractivity contribution is 0.670. The van der Waals surface area contributed by atoms with Crippen LogP contribution in [0.3, 0.4) is 0 Å². The summed E-state index contributed by atoms with van der Waals surface area (Å²) >= 11 is 3.70. The highest BCUT2D eigenvalue weighted by Gasteiger charge is 2.29. The molecule has 0 aliphatic carbocycles. The summed E-state index contributed by atoms with van der Waals surface area (Å²) < 4.78 is 11.9. The summed E-state index contributed by atoms with van der Waals surface area (Å²) in [5.41, 5.74) is 28.4. The Bertz CT molecular complexity index is 9230. The van der Waals surface area contributed by atoms with Crippen molar-refractivity contribution in [1.82, 2.24) is 29.9 Å². The Balaban J connectivity index is 0.000000111. The average Bonchev–Trinajstić information content (AvgIpc) is 1.62. The molecule has 139 heavy (non-hydrogen) atoms. The Kier molecular flexibility index (Phi) is 21.6. The van der Waals surface area contributed by atoms with Crippen molar-refractivity contribution in [3.8, 4) is 157 Å². The number of hydrogen-bond acceptors (Lipinski definition) is 9. The number of thiophene rings is 2. The summed E-state index contributed by atoms with van der Waals surface area (Å²) in [4.78, 5) is 32.0. The SMILES string of the molecule is c1ccc(-c2cc(-c3ccccc3)nc(-c3c4ccccc4c(-c4ccc5c(-c6ccccc6)cccc5c4)c4oc5ccccc5c34)n2)cc1.c1ccc(-c2cc(-c3ccccc3)nc(-c3c4ccccc4c(-c4ccccc4)c4sc5ccccc5c34)n2)cc1.c1ccc(-c2cccc(-c3cc(-c4ccccc4)nc(-c4c5ccccc5c(-c5ccccc5)c5sc6ccccc6c45)n3)c2)cc1. The normalized spacial score (nSPS) is 11.5. The number of aromatic nitrogens is 6. The number of fused-ring (bicyclic) bond motifs is 13. The zero-order valence-electron chi connectivity index (χ0n) is 75.3. The molecule has 6 heterocycles. The molecule has 27 rings (SSSR count). The minimum absolute atomic E-state index is 0.667. The maximum Gasteiger partial charge on any atom is 0.161 e. The van der Waals surface area contributed by atoms with Crippen LogP contribution in [0.4, 0.5) is 0 Å². The van der Waals surface area contributed by atoms with Gasteiger partial charge in [0.15, 0.2) is 17.5 Å². The van der Waals surface area contributed by atoms with Crippen LogP contribution in [0.15, 0.2) is 502 Å². The first-order valence-corrected chi connectivity index (χ1v) is 48.5. The molecule has 0 bridgehead atoms. The van der Waals surface area contributed by atoms with Gasteiger partial charge >= 0.3 is 0 Å². The number of nitrogens with zero attached hydrogens (tertiary/aromatic N) is 6. The summed E-state index contributed by atoms with van der Waals surface area (Å²) in [5, 5.41) is 16.2. The fourth-order valence-electron chi connectivity index (χ4n) is 20.1. The molecule has 0 atom stereocenters. The van der Waals surface area contributed by atoms with Crippen LogP contribution < -0.4 is 0 Å². The maximum atomic E-state index is 6.89. The highest BCUT2D eigenvalue weighted by Crippen LogP contribution is 2.54. The van der Waals surface area contributed by atoms with Gasteiger partial charge in [-0.1, -0.05) is 449 Å². The molecule has 0 aliphatic rings. The van der Waals surface area contributed by atoms with Gasteiger partial charge in [0.2, 0.25) is 0 Å². The van der Waals surface area contributed by atoms with Crippen molar-refractivity contribution in [3.63, 3.8) is 0 Å². The molecule has 0 spiro atoms. The van der Waals surface area contributed by atoms with Gasteiger partial charge in [-0.25, -0.2) is 29.9 Å². The Hall–Kier alpha value is -17.9. The zero-order chi connectivity index (χ0) is 92.1. The Morgan fingerprint density at radius 3 is 0.863 bits per heavy atom. The van der Waals surface area contributed by atoms with Crippen molar-refractivity contribution in [1.29, 1.82) is 0 Å². The largest absolute Gasteiger partial charge is 0.455 e. The molecule has 0 fully saturated rings. The number of benzene rings is 21. The second-order valence-corrected chi connectivity index (χ2v) is 36.9. The van der Waals surface area contributed by atoms with E-state index in [0.717, 1.165) is 156 Å². The molecule has 0 unspecified atom stereocenters. The first-order chi connectivity index (χ1) is 69.0. The second-order valence-electron chi connectivity index (χ2n) is 34.8. The molecule has 650 valence electrons. The third kappa shape index (κ3) is 15.5. The van der Waals surface area contributed by atoms with Gasteiger partial charge in [0, 0.05) is 118 Å². The number of para-hydroxylation sites is 1. The first kappa shape index (κ1) is 83.0. The fraction of sp³-hybridized carbons (Fsp3) is 0. The van der Waals surface area contributed by atoms with E-state index in [2.05, 4.69) is 461 Å². The van der Waals surface area contributed by atoms with E-state index >= 15 is 0 Å². The van der Waals surface area contributed by atoms with Crippen molar-refractivity contribution >= 4 is 128 Å². The number of rotatable bonds is 14. The van der Waals surface area contributed by atoms with Crippen LogP contribution in [-0.2, 0) is 0 Å². The van der Waals surface area contributed by atoms with Crippen LogP contribution >= 0.6 is 22.7 Å². The van der Waals surface area contributed by atoms with Gasteiger partial charge in [0.05, 0.1) is 34.2 Å². The Labute approximate surface area is 811 Å². The molecule has 0 aliphatic heterocycles. The summed E-state index contributed by atoms with van der Waals surface area (Å²) in [6, 6.07) is 175. The molecule has 9 heteroatoms. The first-order valence-electron chi connectivity index (χ1n) is 46.9. The van der Waals surface area contributed by atoms with Gasteiger partial charge in [-0.05, 0) is 131 Å². The molecule has 0 saturated heterocycles. The monoisotopic (exact) mass is 1810 g/mol. The van der Waals surface area contributed by atoms with Gasteiger partial charge in [-0.2, -0.15) is 0 Å². The van der Waals surface area contributed by atoms with Crippen LogP contribution in [-0.4, -0.2) is 29.9 Å². The topological polar surface area (TPSA) is 90.5 Å². The smallest absolute Gasteiger partial charge is 0.161 e. The van der Waals surface area contributed by atoms with Gasteiger partial charge in [0.1, 0.15) is 11.2 Å². The van der Waals surface area contributed by atoms with E-state index in [1.807, 2.05) is 59.1 Å². The lowest BCUT2D eigenvalue weighted by Crippen LogP contribution is -1.98. The molecular weight excluding hydrogens is 1730 g/mol. The minimum atomic E-state index is 0.667. The van der Waals surface area contributed by atoms with Gasteiger partial charge in [-0.15, -0.1) is 22.7 Å². The molecule has 0 radical (unpaired) electrons. The van der Waals surface area contributed by atoms with Crippen LogP contribution in [0.1, 0.15) is 0 Å². The Morgan fingerprint density at radius 1 is 0.165 bits per heavy atom. The van der Waals surface area contributed by atoms with Crippen LogP contribution in [0.25, 0.3) is 263 Å². The third-order valence-electron chi connectivity index (χ3n) is 26.5. The summed E-state index contributed by atoms with van der Waals surface area (Å²) in [7, 11) is 0. The second kappa shape index (κ2) is 36.2. The van der Waals surface area contributed by atoms with Crippen molar-refractivity contribution in [2.75, 3.05) is 0 Å². The van der Waals surface area contributed by atoms with Crippen molar-refractivity contribution in [2.45, 2.75) is 0 Å². The molecule has 27 aromatic rings. The van der Waals surface area contributed by atoms with E-state index in [4.69, 9.17) is 34.3 Å².